The van der Waals surface area contributed by atoms with Crippen molar-refractivity contribution in [3.63, 3.8) is 0 Å². The predicted octanol–water partition coefficient (Wildman–Crippen LogP) is 7.24. The van der Waals surface area contributed by atoms with Gasteiger partial charge in [-0.25, -0.2) is 9.97 Å². The molecule has 0 aliphatic carbocycles. The highest BCUT2D eigenvalue weighted by Crippen LogP contribution is 2.35. The van der Waals surface area contributed by atoms with E-state index in [0.29, 0.717) is 25.3 Å². The van der Waals surface area contributed by atoms with Crippen LogP contribution in [0.25, 0.3) is 33.1 Å². The Morgan fingerprint density at radius 2 is 1.35 bits per heavy atom. The molecule has 5 aromatic heterocycles. The molecule has 0 bridgehead atoms. The molecular weight excluding hydrogens is 639 g/mol. The third kappa shape index (κ3) is 6.82. The Morgan fingerprint density at radius 1 is 0.745 bits per heavy atom. The molecule has 1 atom stereocenters. The number of hydrogen-bond acceptors (Lipinski definition) is 10. The van der Waals surface area contributed by atoms with Crippen molar-refractivity contribution in [1.29, 1.82) is 0 Å². The Morgan fingerprint density at radius 3 is 1.98 bits per heavy atom. The summed E-state index contributed by atoms with van der Waals surface area (Å²) in [5.74, 6) is 0.370. The lowest BCUT2D eigenvalue weighted by molar-refractivity contribution is -0.141. The normalized spacial score (nSPS) is 16.6. The van der Waals surface area contributed by atoms with Crippen LogP contribution in [0.2, 0.25) is 0 Å². The van der Waals surface area contributed by atoms with Crippen LogP contribution in [-0.2, 0) is 17.9 Å². The van der Waals surface area contributed by atoms with E-state index in [4.69, 9.17) is 15.0 Å². The van der Waals surface area contributed by atoms with Crippen molar-refractivity contribution >= 4 is 50.8 Å². The van der Waals surface area contributed by atoms with E-state index in [0.717, 1.165) is 93.1 Å². The largest absolute Gasteiger partial charge is 0.481 e. The summed E-state index contributed by atoms with van der Waals surface area (Å²) in [4.78, 5) is 39.9. The molecule has 0 amide bonds. The zero-order valence-corrected chi connectivity index (χ0v) is 28.9. The molecule has 2 fully saturated rings. The van der Waals surface area contributed by atoms with Gasteiger partial charge in [-0.1, -0.05) is 12.1 Å². The number of carboxylic acids is 1. The maximum absolute atomic E-state index is 11.4. The highest BCUT2D eigenvalue weighted by Gasteiger charge is 2.28. The SMILES string of the molecule is Cc1c(Nc2nccc3cc(CN4CC[C@H](C(=O)O)C4)cnc23)cccc1-c1nccc(Nc2nccc3cc(CN4CCCC4)cnc23)c1C. The van der Waals surface area contributed by atoms with Gasteiger partial charge in [0.1, 0.15) is 11.0 Å². The van der Waals surface area contributed by atoms with Crippen molar-refractivity contribution < 1.29 is 9.90 Å². The first-order valence-electron chi connectivity index (χ1n) is 17.6. The van der Waals surface area contributed by atoms with Gasteiger partial charge < -0.3 is 15.7 Å². The summed E-state index contributed by atoms with van der Waals surface area (Å²) in [6.07, 6.45) is 12.5. The van der Waals surface area contributed by atoms with E-state index in [2.05, 4.69) is 62.4 Å². The van der Waals surface area contributed by atoms with Crippen LogP contribution in [0.15, 0.2) is 79.5 Å². The second-order valence-corrected chi connectivity index (χ2v) is 13.8. The molecule has 51 heavy (non-hydrogen) atoms. The molecule has 0 radical (unpaired) electrons. The highest BCUT2D eigenvalue weighted by molar-refractivity contribution is 5.92. The van der Waals surface area contributed by atoms with Gasteiger partial charge >= 0.3 is 5.97 Å². The number of pyridine rings is 5. The standard InChI is InChI=1S/C40H41N9O2/c1-25-32(6-5-7-33(25)46-38-36-30(9-12-42-38)19-28(21-45-36)23-49-17-11-31(24-49)40(50)51)35-26(2)34(10-14-41-35)47-39-37-29(8-13-43-39)18-27(20-44-37)22-48-15-3-4-16-48/h5-10,12-14,18-21,31H,3-4,11,15-17,22-24H2,1-2H3,(H,42,46)(H,50,51)(H,41,43,47)/t31-/m0/s1. The Balaban J connectivity index is 1.02. The van der Waals surface area contributed by atoms with Crippen molar-refractivity contribution in [2.45, 2.75) is 46.2 Å². The number of nitrogens with one attached hydrogen (secondary N) is 2. The lowest BCUT2D eigenvalue weighted by Gasteiger charge is -2.18. The quantitative estimate of drug-likeness (QED) is 0.135. The van der Waals surface area contributed by atoms with Gasteiger partial charge in [0.05, 0.1) is 11.6 Å². The fourth-order valence-corrected chi connectivity index (χ4v) is 7.43. The topological polar surface area (TPSA) is 132 Å². The minimum Gasteiger partial charge on any atom is -0.481 e. The summed E-state index contributed by atoms with van der Waals surface area (Å²) in [5, 5.41) is 18.5. The third-order valence-electron chi connectivity index (χ3n) is 10.2. The Kier molecular flexibility index (Phi) is 8.97. The number of likely N-dealkylation sites (tertiary alicyclic amines) is 2. The zero-order chi connectivity index (χ0) is 34.9. The molecule has 0 saturated carbocycles. The second-order valence-electron chi connectivity index (χ2n) is 13.8. The van der Waals surface area contributed by atoms with Gasteiger partial charge in [0.15, 0.2) is 11.6 Å². The van der Waals surface area contributed by atoms with Crippen molar-refractivity contribution in [2.24, 2.45) is 5.92 Å². The van der Waals surface area contributed by atoms with Crippen LogP contribution in [0.3, 0.4) is 0 Å². The van der Waals surface area contributed by atoms with E-state index in [1.54, 1.807) is 6.20 Å². The van der Waals surface area contributed by atoms with E-state index >= 15 is 0 Å². The number of nitrogens with zero attached hydrogens (tertiary/aromatic N) is 7. The first-order valence-corrected chi connectivity index (χ1v) is 17.6. The van der Waals surface area contributed by atoms with E-state index in [-0.39, 0.29) is 5.92 Å². The van der Waals surface area contributed by atoms with E-state index in [9.17, 15) is 9.90 Å². The number of benzene rings is 1. The monoisotopic (exact) mass is 679 g/mol. The van der Waals surface area contributed by atoms with Crippen LogP contribution in [-0.4, -0.2) is 72.0 Å². The molecule has 1 aromatic carbocycles. The second kappa shape index (κ2) is 14.0. The van der Waals surface area contributed by atoms with E-state index < -0.39 is 5.97 Å². The Labute approximate surface area is 296 Å². The average molecular weight is 680 g/mol. The molecular formula is C40H41N9O2. The summed E-state index contributed by atoms with van der Waals surface area (Å²) in [5.41, 5.74) is 9.66. The van der Waals surface area contributed by atoms with Crippen molar-refractivity contribution in [3.05, 3.63) is 102 Å². The van der Waals surface area contributed by atoms with Crippen LogP contribution in [0.5, 0.6) is 0 Å². The minimum atomic E-state index is -0.720. The number of aromatic nitrogens is 5. The number of hydrogen-bond donors (Lipinski definition) is 3. The van der Waals surface area contributed by atoms with Gasteiger partial charge in [0, 0.05) is 78.3 Å². The fourth-order valence-electron chi connectivity index (χ4n) is 7.43. The minimum absolute atomic E-state index is 0.299. The zero-order valence-electron chi connectivity index (χ0n) is 28.9. The molecule has 8 rings (SSSR count). The van der Waals surface area contributed by atoms with Crippen molar-refractivity contribution in [3.8, 4) is 11.3 Å². The molecule has 3 N–H and O–H groups in total. The van der Waals surface area contributed by atoms with Crippen LogP contribution in [0, 0.1) is 19.8 Å². The molecule has 7 heterocycles. The van der Waals surface area contributed by atoms with Gasteiger partial charge in [0.25, 0.3) is 0 Å². The first-order chi connectivity index (χ1) is 24.9. The smallest absolute Gasteiger partial charge is 0.307 e. The molecule has 6 aromatic rings. The molecule has 0 spiro atoms. The predicted molar refractivity (Wildman–Crippen MR) is 200 cm³/mol. The summed E-state index contributed by atoms with van der Waals surface area (Å²) in [7, 11) is 0. The van der Waals surface area contributed by atoms with Gasteiger partial charge in [0.2, 0.25) is 0 Å². The molecule has 2 saturated heterocycles. The molecule has 11 nitrogen and oxygen atoms in total. The van der Waals surface area contributed by atoms with Crippen LogP contribution in [0.4, 0.5) is 23.0 Å². The van der Waals surface area contributed by atoms with Gasteiger partial charge in [-0.2, -0.15) is 0 Å². The summed E-state index contributed by atoms with van der Waals surface area (Å²) < 4.78 is 0. The third-order valence-corrected chi connectivity index (χ3v) is 10.2. The summed E-state index contributed by atoms with van der Waals surface area (Å²) in [6, 6.07) is 16.5. The molecule has 11 heteroatoms. The number of aliphatic carboxylic acids is 1. The van der Waals surface area contributed by atoms with Gasteiger partial charge in [-0.15, -0.1) is 0 Å². The lowest BCUT2D eigenvalue weighted by atomic mass is 9.99. The number of carbonyl (C=O) groups is 1. The van der Waals surface area contributed by atoms with Crippen LogP contribution < -0.4 is 10.6 Å². The average Bonchev–Trinajstić information content (AvgIpc) is 3.83. The van der Waals surface area contributed by atoms with Crippen LogP contribution in [0.1, 0.15) is 41.5 Å². The number of rotatable bonds is 10. The lowest BCUT2D eigenvalue weighted by Crippen LogP contribution is -2.22. The number of fused-ring (bicyclic) bond motifs is 2. The Bertz CT molecular complexity index is 2250. The molecule has 2 aliphatic heterocycles. The molecule has 258 valence electrons. The Hall–Kier alpha value is -5.52. The first kappa shape index (κ1) is 32.7. The maximum Gasteiger partial charge on any atom is 0.307 e. The summed E-state index contributed by atoms with van der Waals surface area (Å²) >= 11 is 0. The molecule has 2 aliphatic rings. The maximum atomic E-state index is 11.4. The summed E-state index contributed by atoms with van der Waals surface area (Å²) in [6.45, 7) is 9.42. The van der Waals surface area contributed by atoms with Gasteiger partial charge in [-0.3, -0.25) is 29.5 Å². The van der Waals surface area contributed by atoms with Crippen molar-refractivity contribution in [1.82, 2.24) is 34.7 Å². The molecule has 0 unspecified atom stereocenters. The van der Waals surface area contributed by atoms with E-state index in [1.807, 2.05) is 55.1 Å². The van der Waals surface area contributed by atoms with Crippen molar-refractivity contribution in [2.75, 3.05) is 36.8 Å². The van der Waals surface area contributed by atoms with Gasteiger partial charge in [-0.05, 0) is 111 Å². The fraction of sp³-hybridized carbons (Fsp3) is 0.300. The van der Waals surface area contributed by atoms with E-state index in [1.165, 1.54) is 18.4 Å². The van der Waals surface area contributed by atoms with Crippen LogP contribution >= 0.6 is 0 Å². The number of carboxylic acid groups (broad SMARTS) is 1. The number of anilines is 4. The highest BCUT2D eigenvalue weighted by atomic mass is 16.4.